The van der Waals surface area contributed by atoms with Gasteiger partial charge in [0.2, 0.25) is 0 Å². The van der Waals surface area contributed by atoms with Crippen LogP contribution < -0.4 is 4.90 Å². The van der Waals surface area contributed by atoms with Gasteiger partial charge in [-0.05, 0) is 104 Å². The zero-order valence-corrected chi connectivity index (χ0v) is 31.9. The van der Waals surface area contributed by atoms with E-state index in [4.69, 9.17) is 4.42 Å². The van der Waals surface area contributed by atoms with E-state index in [0.717, 1.165) is 38.9 Å². The Balaban J connectivity index is 1.15. The Bertz CT molecular complexity index is 3080. The lowest BCUT2D eigenvalue weighted by Crippen LogP contribution is -2.16. The van der Waals surface area contributed by atoms with Gasteiger partial charge in [-0.2, -0.15) is 0 Å². The van der Waals surface area contributed by atoms with E-state index in [1.165, 1.54) is 66.5 Å². The fraction of sp³-hybridized carbons (Fsp3) is 0.0545. The minimum Gasteiger partial charge on any atom is -0.456 e. The smallest absolute Gasteiger partial charge is 0.136 e. The zero-order valence-electron chi connectivity index (χ0n) is 31.9. The van der Waals surface area contributed by atoms with Gasteiger partial charge in [-0.15, -0.1) is 0 Å². The highest BCUT2D eigenvalue weighted by molar-refractivity contribution is 6.22. The summed E-state index contributed by atoms with van der Waals surface area (Å²) in [7, 11) is 0. The number of nitrogens with zero attached hydrogens (tertiary/aromatic N) is 1. The summed E-state index contributed by atoms with van der Waals surface area (Å²) in [6.45, 7) is 4.71. The Hall–Kier alpha value is -7.16. The number of rotatable bonds is 6. The number of hydrogen-bond acceptors (Lipinski definition) is 2. The van der Waals surface area contributed by atoms with Crippen LogP contribution in [-0.2, 0) is 5.41 Å². The normalized spacial score (nSPS) is 12.9. The van der Waals surface area contributed by atoms with Gasteiger partial charge >= 0.3 is 0 Å². The van der Waals surface area contributed by atoms with Crippen LogP contribution in [0, 0.1) is 0 Å². The maximum Gasteiger partial charge on any atom is 0.136 e. The van der Waals surface area contributed by atoms with E-state index >= 15 is 0 Å². The van der Waals surface area contributed by atoms with E-state index < -0.39 is 0 Å². The van der Waals surface area contributed by atoms with Crippen molar-refractivity contribution < 1.29 is 4.42 Å². The molecule has 0 amide bonds. The molecule has 1 aliphatic carbocycles. The fourth-order valence-corrected chi connectivity index (χ4v) is 9.31. The number of para-hydroxylation sites is 1. The van der Waals surface area contributed by atoms with Crippen molar-refractivity contribution in [2.24, 2.45) is 0 Å². The Morgan fingerprint density at radius 2 is 1.04 bits per heavy atom. The van der Waals surface area contributed by atoms with E-state index in [1.54, 1.807) is 0 Å². The van der Waals surface area contributed by atoms with Crippen LogP contribution in [0.3, 0.4) is 0 Å². The first-order valence-electron chi connectivity index (χ1n) is 19.8. The first kappa shape index (κ1) is 33.2. The van der Waals surface area contributed by atoms with E-state index in [0.29, 0.717) is 0 Å². The highest BCUT2D eigenvalue weighted by Crippen LogP contribution is 2.54. The Morgan fingerprint density at radius 3 is 1.79 bits per heavy atom. The molecule has 0 spiro atoms. The van der Waals surface area contributed by atoms with E-state index in [1.807, 2.05) is 6.07 Å². The molecule has 1 aliphatic rings. The molecular weight excluding hydrogens is 691 g/mol. The van der Waals surface area contributed by atoms with Crippen molar-refractivity contribution in [2.75, 3.05) is 4.90 Å². The summed E-state index contributed by atoms with van der Waals surface area (Å²) in [5, 5.41) is 4.72. The Kier molecular flexibility index (Phi) is 7.55. The molecule has 9 aromatic carbocycles. The molecule has 0 N–H and O–H groups in total. The number of benzene rings is 9. The molecule has 0 aliphatic heterocycles. The van der Waals surface area contributed by atoms with Crippen LogP contribution in [0.2, 0.25) is 0 Å². The summed E-state index contributed by atoms with van der Waals surface area (Å²) in [6, 6.07) is 72.7. The average Bonchev–Trinajstić information content (AvgIpc) is 3.77. The standard InChI is InChI=1S/C55H39NO/c1-55(2)47-23-11-9-20-45(47)53-48(55)24-14-25-49(53)56(43-34-40(36-15-5-3-6-16-36)33-41(35-43)37-17-7-4-8-18-37)42-30-27-38(28-31-42)44-22-13-19-39-29-32-51-54(52(39)44)46-21-10-12-26-50(46)57-51/h3-35H,1-2H3. The van der Waals surface area contributed by atoms with Crippen molar-refractivity contribution in [2.45, 2.75) is 19.3 Å². The van der Waals surface area contributed by atoms with Crippen LogP contribution in [0.1, 0.15) is 25.0 Å². The first-order valence-corrected chi connectivity index (χ1v) is 19.8. The van der Waals surface area contributed by atoms with Gasteiger partial charge in [-0.25, -0.2) is 0 Å². The van der Waals surface area contributed by atoms with Crippen LogP contribution in [0.15, 0.2) is 205 Å². The van der Waals surface area contributed by atoms with Gasteiger partial charge in [0.05, 0.1) is 5.69 Å². The van der Waals surface area contributed by atoms with Gasteiger partial charge in [-0.3, -0.25) is 0 Å². The second kappa shape index (κ2) is 13.0. The quantitative estimate of drug-likeness (QED) is 0.169. The van der Waals surface area contributed by atoms with Crippen molar-refractivity contribution in [3.05, 3.63) is 211 Å². The van der Waals surface area contributed by atoms with Crippen molar-refractivity contribution in [3.8, 4) is 44.5 Å². The largest absolute Gasteiger partial charge is 0.456 e. The highest BCUT2D eigenvalue weighted by Gasteiger charge is 2.37. The van der Waals surface area contributed by atoms with Gasteiger partial charge in [0.1, 0.15) is 11.2 Å². The number of furan rings is 1. The number of fused-ring (bicyclic) bond motifs is 8. The van der Waals surface area contributed by atoms with E-state index in [9.17, 15) is 0 Å². The minimum absolute atomic E-state index is 0.129. The van der Waals surface area contributed by atoms with Crippen molar-refractivity contribution in [3.63, 3.8) is 0 Å². The minimum atomic E-state index is -0.129. The van der Waals surface area contributed by atoms with Gasteiger partial charge in [0, 0.05) is 38.5 Å². The molecular formula is C55H39NO. The van der Waals surface area contributed by atoms with Crippen LogP contribution in [0.5, 0.6) is 0 Å². The number of hydrogen-bond donors (Lipinski definition) is 0. The maximum absolute atomic E-state index is 6.35. The van der Waals surface area contributed by atoms with Crippen molar-refractivity contribution in [1.29, 1.82) is 0 Å². The average molecular weight is 730 g/mol. The molecule has 0 saturated carbocycles. The lowest BCUT2D eigenvalue weighted by molar-refractivity contribution is 0.660. The second-order valence-electron chi connectivity index (χ2n) is 15.7. The summed E-state index contributed by atoms with van der Waals surface area (Å²) >= 11 is 0. The summed E-state index contributed by atoms with van der Waals surface area (Å²) in [5.74, 6) is 0. The van der Waals surface area contributed by atoms with Crippen molar-refractivity contribution >= 4 is 49.8 Å². The Morgan fingerprint density at radius 1 is 0.404 bits per heavy atom. The summed E-state index contributed by atoms with van der Waals surface area (Å²) in [4.78, 5) is 2.48. The zero-order chi connectivity index (χ0) is 38.1. The SMILES string of the molecule is CC1(C)c2ccccc2-c2c(N(c3ccc(-c4cccc5ccc6oc7ccccc7c6c45)cc3)c3cc(-c4ccccc4)cc(-c4ccccc4)c3)cccc21. The first-order chi connectivity index (χ1) is 28.0. The summed E-state index contributed by atoms with van der Waals surface area (Å²) in [5.41, 5.74) is 17.4. The maximum atomic E-state index is 6.35. The molecule has 1 aromatic heterocycles. The van der Waals surface area contributed by atoms with Crippen LogP contribution in [0.4, 0.5) is 17.1 Å². The van der Waals surface area contributed by atoms with E-state index in [2.05, 4.69) is 213 Å². The topological polar surface area (TPSA) is 16.4 Å². The molecule has 2 heteroatoms. The molecule has 0 atom stereocenters. The lowest BCUT2D eigenvalue weighted by atomic mass is 9.82. The molecule has 0 fully saturated rings. The van der Waals surface area contributed by atoms with E-state index in [-0.39, 0.29) is 5.41 Å². The molecule has 11 rings (SSSR count). The van der Waals surface area contributed by atoms with Crippen LogP contribution in [-0.4, -0.2) is 0 Å². The molecule has 10 aromatic rings. The Labute approximate surface area is 332 Å². The van der Waals surface area contributed by atoms with Crippen LogP contribution in [0.25, 0.3) is 77.2 Å². The molecule has 0 unspecified atom stereocenters. The second-order valence-corrected chi connectivity index (χ2v) is 15.7. The third-order valence-electron chi connectivity index (χ3n) is 12.0. The molecule has 2 nitrogen and oxygen atoms in total. The number of anilines is 3. The highest BCUT2D eigenvalue weighted by atomic mass is 16.3. The summed E-state index contributed by atoms with van der Waals surface area (Å²) in [6.07, 6.45) is 0. The van der Waals surface area contributed by atoms with Gasteiger partial charge in [0.25, 0.3) is 0 Å². The third kappa shape index (κ3) is 5.33. The lowest BCUT2D eigenvalue weighted by Gasteiger charge is -2.30. The van der Waals surface area contributed by atoms with Gasteiger partial charge < -0.3 is 9.32 Å². The molecule has 0 radical (unpaired) electrons. The van der Waals surface area contributed by atoms with Crippen molar-refractivity contribution in [1.82, 2.24) is 0 Å². The molecule has 0 bridgehead atoms. The third-order valence-corrected chi connectivity index (χ3v) is 12.0. The summed E-state index contributed by atoms with van der Waals surface area (Å²) < 4.78 is 6.35. The monoisotopic (exact) mass is 729 g/mol. The van der Waals surface area contributed by atoms with Crippen LogP contribution >= 0.6 is 0 Å². The van der Waals surface area contributed by atoms with Gasteiger partial charge in [0.15, 0.2) is 0 Å². The molecule has 270 valence electrons. The predicted molar refractivity (Wildman–Crippen MR) is 240 cm³/mol. The van der Waals surface area contributed by atoms with Gasteiger partial charge in [-0.1, -0.05) is 166 Å². The molecule has 57 heavy (non-hydrogen) atoms. The molecule has 0 saturated heterocycles. The predicted octanol–water partition coefficient (Wildman–Crippen LogP) is 15.5. The molecule has 1 heterocycles. The fourth-order valence-electron chi connectivity index (χ4n) is 9.31.